The number of nitrogens with zero attached hydrogens (tertiary/aromatic N) is 2. The van der Waals surface area contributed by atoms with Crippen molar-refractivity contribution in [2.75, 3.05) is 0 Å². The second kappa shape index (κ2) is 12.0. The van der Waals surface area contributed by atoms with Crippen molar-refractivity contribution in [1.29, 1.82) is 0 Å². The largest absolute Gasteiger partial charge is 0.245 e. The lowest BCUT2D eigenvalue weighted by Crippen LogP contribution is -1.94. The molecule has 1 aromatic heterocycles. The predicted octanol–water partition coefficient (Wildman–Crippen LogP) is 13.2. The average Bonchev–Trinajstić information content (AvgIpc) is 3.20. The van der Waals surface area contributed by atoms with E-state index in [-0.39, 0.29) is 0 Å². The Morgan fingerprint density at radius 2 is 0.680 bits per heavy atom. The Morgan fingerprint density at radius 3 is 1.24 bits per heavy atom. The lowest BCUT2D eigenvalue weighted by Gasteiger charge is -2.17. The average molecular weight is 673 g/mol. The van der Waals surface area contributed by atoms with E-state index >= 15 is 0 Å². The van der Waals surface area contributed by atoms with Crippen LogP contribution in [0.5, 0.6) is 0 Å². The second-order valence-electron chi connectivity index (χ2n) is 12.6. The van der Waals surface area contributed by atoms with Gasteiger partial charge in [0.05, 0.1) is 0 Å². The van der Waals surface area contributed by atoms with Crippen LogP contribution < -0.4 is 0 Å². The van der Waals surface area contributed by atoms with Gasteiger partial charge >= 0.3 is 0 Å². The van der Waals surface area contributed by atoms with Gasteiger partial charge in [-0.3, -0.25) is 0 Å². The molecule has 0 saturated heterocycles. The van der Waals surface area contributed by atoms with Gasteiger partial charge in [0.15, 0.2) is 0 Å². The second-order valence-corrected chi connectivity index (χ2v) is 14.7. The van der Waals surface area contributed by atoms with Gasteiger partial charge in [-0.05, 0) is 107 Å². The standard InChI is InChI=1S/C46H28N2S2/c1-2-13-39-37(11-1)38-12-3-4-14-40(38)42-27-35(19-21-41(39)42)30-17-15-29(16-18-30)31-7-5-8-32(25-31)33-9-6-10-34(26-33)36-20-22-43-44(28-36)50-46-45(49-43)47-23-24-48-46/h1-28H. The normalized spacial score (nSPS) is 12.2. The quantitative estimate of drug-likeness (QED) is 0.174. The Morgan fingerprint density at radius 1 is 0.280 bits per heavy atom. The number of aromatic nitrogens is 2. The lowest BCUT2D eigenvalue weighted by molar-refractivity contribution is 0.908. The van der Waals surface area contributed by atoms with Crippen molar-refractivity contribution in [2.24, 2.45) is 0 Å². The molecule has 0 radical (unpaired) electrons. The van der Waals surface area contributed by atoms with Crippen LogP contribution in [-0.2, 0) is 0 Å². The van der Waals surface area contributed by atoms with Crippen LogP contribution in [0.4, 0.5) is 0 Å². The molecule has 0 fully saturated rings. The molecule has 8 aromatic carbocycles. The van der Waals surface area contributed by atoms with Crippen LogP contribution in [0.1, 0.15) is 0 Å². The highest BCUT2D eigenvalue weighted by Crippen LogP contribution is 2.47. The van der Waals surface area contributed by atoms with Gasteiger partial charge in [-0.2, -0.15) is 0 Å². The Hall–Kier alpha value is -5.68. The number of hydrogen-bond donors (Lipinski definition) is 0. The number of benzene rings is 8. The molecule has 234 valence electrons. The molecule has 1 aliphatic rings. The van der Waals surface area contributed by atoms with Crippen LogP contribution >= 0.6 is 23.5 Å². The topological polar surface area (TPSA) is 25.8 Å². The number of fused-ring (bicyclic) bond motifs is 8. The van der Waals surface area contributed by atoms with E-state index in [9.17, 15) is 0 Å². The summed E-state index contributed by atoms with van der Waals surface area (Å²) in [6.07, 6.45) is 3.52. The first kappa shape index (κ1) is 29.3. The molecule has 2 nitrogen and oxygen atoms in total. The summed E-state index contributed by atoms with van der Waals surface area (Å²) < 4.78 is 0. The van der Waals surface area contributed by atoms with Gasteiger partial charge in [0, 0.05) is 22.2 Å². The number of hydrogen-bond acceptors (Lipinski definition) is 4. The van der Waals surface area contributed by atoms with E-state index < -0.39 is 0 Å². The third-order valence-electron chi connectivity index (χ3n) is 9.68. The van der Waals surface area contributed by atoms with Gasteiger partial charge in [0.25, 0.3) is 0 Å². The highest BCUT2D eigenvalue weighted by molar-refractivity contribution is 8.05. The van der Waals surface area contributed by atoms with Crippen molar-refractivity contribution in [3.05, 3.63) is 170 Å². The Labute approximate surface area is 298 Å². The van der Waals surface area contributed by atoms with Gasteiger partial charge in [-0.25, -0.2) is 9.97 Å². The first-order chi connectivity index (χ1) is 24.7. The van der Waals surface area contributed by atoms with E-state index in [2.05, 4.69) is 168 Å². The van der Waals surface area contributed by atoms with Crippen molar-refractivity contribution in [3.8, 4) is 44.5 Å². The molecule has 4 heteroatoms. The summed E-state index contributed by atoms with van der Waals surface area (Å²) in [5.41, 5.74) is 9.66. The highest BCUT2D eigenvalue weighted by atomic mass is 32.2. The van der Waals surface area contributed by atoms with Gasteiger partial charge in [-0.1, -0.05) is 151 Å². The molecule has 1 aliphatic heterocycles. The summed E-state index contributed by atoms with van der Waals surface area (Å²) in [7, 11) is 0. The summed E-state index contributed by atoms with van der Waals surface area (Å²) in [4.78, 5) is 11.5. The van der Waals surface area contributed by atoms with E-state index in [4.69, 9.17) is 0 Å². The summed E-state index contributed by atoms with van der Waals surface area (Å²) in [5.74, 6) is 0. The van der Waals surface area contributed by atoms with Crippen LogP contribution in [0.2, 0.25) is 0 Å². The Bertz CT molecular complexity index is 2730. The zero-order valence-electron chi connectivity index (χ0n) is 26.9. The maximum absolute atomic E-state index is 4.54. The number of rotatable bonds is 4. The fourth-order valence-electron chi connectivity index (χ4n) is 7.21. The lowest BCUT2D eigenvalue weighted by atomic mass is 9.91. The summed E-state index contributed by atoms with van der Waals surface area (Å²) >= 11 is 3.39. The molecule has 2 heterocycles. The molecule has 0 saturated carbocycles. The van der Waals surface area contributed by atoms with Crippen LogP contribution in [0.25, 0.3) is 76.8 Å². The third-order valence-corrected chi connectivity index (χ3v) is 12.1. The molecular formula is C46H28N2S2. The Kier molecular flexibility index (Phi) is 7.04. The smallest absolute Gasteiger partial charge is 0.133 e. The van der Waals surface area contributed by atoms with Gasteiger partial charge in [0.1, 0.15) is 10.1 Å². The summed E-state index contributed by atoms with van der Waals surface area (Å²) in [6.45, 7) is 0. The van der Waals surface area contributed by atoms with Gasteiger partial charge in [-0.15, -0.1) is 0 Å². The first-order valence-corrected chi connectivity index (χ1v) is 18.3. The highest BCUT2D eigenvalue weighted by Gasteiger charge is 2.20. The minimum Gasteiger partial charge on any atom is -0.245 e. The minimum absolute atomic E-state index is 0.973. The molecule has 0 N–H and O–H groups in total. The summed E-state index contributed by atoms with van der Waals surface area (Å²) in [6, 6.07) is 57.9. The van der Waals surface area contributed by atoms with E-state index in [0.717, 1.165) is 10.1 Å². The first-order valence-electron chi connectivity index (χ1n) is 16.7. The zero-order chi connectivity index (χ0) is 33.0. The monoisotopic (exact) mass is 672 g/mol. The van der Waals surface area contributed by atoms with Crippen molar-refractivity contribution in [1.82, 2.24) is 9.97 Å². The summed E-state index contributed by atoms with van der Waals surface area (Å²) in [5, 5.41) is 9.75. The molecule has 0 bridgehead atoms. The van der Waals surface area contributed by atoms with Crippen LogP contribution in [0, 0.1) is 0 Å². The van der Waals surface area contributed by atoms with E-state index in [1.807, 2.05) is 0 Å². The van der Waals surface area contributed by atoms with Crippen molar-refractivity contribution in [2.45, 2.75) is 19.8 Å². The SMILES string of the molecule is c1cc(-c2ccc(-c3ccc4c5ccccc5c5ccccc5c4c3)cc2)cc(-c2cccc(-c3ccc4c(c3)Sc3nccnc3S4)c2)c1. The molecular weight excluding hydrogens is 645 g/mol. The molecule has 0 amide bonds. The molecule has 0 spiro atoms. The van der Waals surface area contributed by atoms with Crippen molar-refractivity contribution >= 4 is 55.8 Å². The van der Waals surface area contributed by atoms with Crippen molar-refractivity contribution in [3.63, 3.8) is 0 Å². The fraction of sp³-hybridized carbons (Fsp3) is 0. The molecule has 10 rings (SSSR count). The maximum Gasteiger partial charge on any atom is 0.133 e. The maximum atomic E-state index is 4.54. The minimum atomic E-state index is 0.973. The molecule has 0 aliphatic carbocycles. The predicted molar refractivity (Wildman–Crippen MR) is 211 cm³/mol. The molecule has 0 atom stereocenters. The molecule has 50 heavy (non-hydrogen) atoms. The fourth-order valence-corrected chi connectivity index (χ4v) is 9.29. The van der Waals surface area contributed by atoms with Gasteiger partial charge in [0.2, 0.25) is 0 Å². The molecule has 9 aromatic rings. The van der Waals surface area contributed by atoms with Crippen LogP contribution in [0.15, 0.2) is 190 Å². The Balaban J connectivity index is 0.951. The van der Waals surface area contributed by atoms with Crippen LogP contribution in [0.3, 0.4) is 0 Å². The van der Waals surface area contributed by atoms with Crippen molar-refractivity contribution < 1.29 is 0 Å². The van der Waals surface area contributed by atoms with Crippen LogP contribution in [-0.4, -0.2) is 9.97 Å². The third kappa shape index (κ3) is 5.08. The van der Waals surface area contributed by atoms with E-state index in [1.165, 1.54) is 86.6 Å². The van der Waals surface area contributed by atoms with E-state index in [0.29, 0.717) is 0 Å². The van der Waals surface area contributed by atoms with Gasteiger partial charge < -0.3 is 0 Å². The zero-order valence-corrected chi connectivity index (χ0v) is 28.5. The van der Waals surface area contributed by atoms with E-state index in [1.54, 1.807) is 35.9 Å². The molecule has 0 unspecified atom stereocenters.